The standard InChI is InChI=1S/C15H26O6/c1-4-13(16)19-10-8-7-9-12(21-15(18)6-3)11-20-14(17)5-2/h12H,4-11H2,1-3H3. The van der Waals surface area contributed by atoms with Crippen molar-refractivity contribution < 1.29 is 28.6 Å². The minimum absolute atomic E-state index is 0.0765. The summed E-state index contributed by atoms with van der Waals surface area (Å²) in [6.07, 6.45) is 2.50. The van der Waals surface area contributed by atoms with Crippen LogP contribution in [0.1, 0.15) is 59.3 Å². The molecule has 0 N–H and O–H groups in total. The van der Waals surface area contributed by atoms with Crippen LogP contribution in [0.25, 0.3) is 0 Å². The summed E-state index contributed by atoms with van der Waals surface area (Å²) in [5.41, 5.74) is 0. The van der Waals surface area contributed by atoms with E-state index in [2.05, 4.69) is 0 Å². The fraction of sp³-hybridized carbons (Fsp3) is 0.800. The number of carbonyl (C=O) groups is 3. The number of hydrogen-bond donors (Lipinski definition) is 0. The molecule has 0 aliphatic heterocycles. The quantitative estimate of drug-likeness (QED) is 0.331. The fourth-order valence-electron chi connectivity index (χ4n) is 1.50. The van der Waals surface area contributed by atoms with Crippen LogP contribution < -0.4 is 0 Å². The highest BCUT2D eigenvalue weighted by Gasteiger charge is 2.15. The Morgan fingerprint density at radius 2 is 1.38 bits per heavy atom. The van der Waals surface area contributed by atoms with Gasteiger partial charge < -0.3 is 14.2 Å². The summed E-state index contributed by atoms with van der Waals surface area (Å²) in [5.74, 6) is -0.852. The molecule has 6 nitrogen and oxygen atoms in total. The lowest BCUT2D eigenvalue weighted by molar-refractivity contribution is -0.159. The molecule has 0 aliphatic carbocycles. The highest BCUT2D eigenvalue weighted by Crippen LogP contribution is 2.08. The van der Waals surface area contributed by atoms with Crippen molar-refractivity contribution in [3.63, 3.8) is 0 Å². The first kappa shape index (κ1) is 19.4. The topological polar surface area (TPSA) is 78.9 Å². The maximum Gasteiger partial charge on any atom is 0.305 e. The van der Waals surface area contributed by atoms with Gasteiger partial charge in [-0.2, -0.15) is 0 Å². The number of unbranched alkanes of at least 4 members (excludes halogenated alkanes) is 1. The Balaban J connectivity index is 4.00. The summed E-state index contributed by atoms with van der Waals surface area (Å²) in [5, 5.41) is 0. The van der Waals surface area contributed by atoms with Crippen molar-refractivity contribution >= 4 is 17.9 Å². The van der Waals surface area contributed by atoms with Gasteiger partial charge in [-0.1, -0.05) is 20.8 Å². The van der Waals surface area contributed by atoms with Gasteiger partial charge in [-0.05, 0) is 19.3 Å². The van der Waals surface area contributed by atoms with Crippen LogP contribution in [0.2, 0.25) is 0 Å². The molecule has 1 atom stereocenters. The van der Waals surface area contributed by atoms with Gasteiger partial charge in [0.05, 0.1) is 6.61 Å². The molecule has 122 valence electrons. The van der Waals surface area contributed by atoms with Gasteiger partial charge in [0.25, 0.3) is 0 Å². The Hall–Kier alpha value is -1.59. The minimum atomic E-state index is -0.435. The van der Waals surface area contributed by atoms with Gasteiger partial charge in [0.1, 0.15) is 12.7 Å². The molecule has 0 rings (SSSR count). The summed E-state index contributed by atoms with van der Waals surface area (Å²) in [4.78, 5) is 33.4. The monoisotopic (exact) mass is 302 g/mol. The van der Waals surface area contributed by atoms with Crippen LogP contribution in [0.5, 0.6) is 0 Å². The van der Waals surface area contributed by atoms with E-state index in [4.69, 9.17) is 14.2 Å². The summed E-state index contributed by atoms with van der Waals surface area (Å²) in [6.45, 7) is 5.59. The van der Waals surface area contributed by atoms with Crippen molar-refractivity contribution in [2.45, 2.75) is 65.4 Å². The molecular formula is C15H26O6. The average Bonchev–Trinajstić information content (AvgIpc) is 2.50. The molecule has 0 fully saturated rings. The van der Waals surface area contributed by atoms with Gasteiger partial charge in [0.2, 0.25) is 0 Å². The van der Waals surface area contributed by atoms with E-state index in [0.717, 1.165) is 6.42 Å². The van der Waals surface area contributed by atoms with Crippen molar-refractivity contribution in [3.8, 4) is 0 Å². The Labute approximate surface area is 126 Å². The lowest BCUT2D eigenvalue weighted by Crippen LogP contribution is -2.25. The second-order valence-electron chi connectivity index (χ2n) is 4.57. The Kier molecular flexibility index (Phi) is 11.3. The molecule has 0 radical (unpaired) electrons. The van der Waals surface area contributed by atoms with E-state index in [9.17, 15) is 14.4 Å². The molecule has 0 spiro atoms. The zero-order chi connectivity index (χ0) is 16.1. The van der Waals surface area contributed by atoms with Crippen LogP contribution in [0.4, 0.5) is 0 Å². The first-order valence-electron chi connectivity index (χ1n) is 7.54. The highest BCUT2D eigenvalue weighted by atomic mass is 16.6. The Morgan fingerprint density at radius 1 is 0.810 bits per heavy atom. The first-order valence-corrected chi connectivity index (χ1v) is 7.54. The summed E-state index contributed by atoms with van der Waals surface area (Å²) in [7, 11) is 0. The fourth-order valence-corrected chi connectivity index (χ4v) is 1.50. The van der Waals surface area contributed by atoms with Crippen molar-refractivity contribution in [1.29, 1.82) is 0 Å². The molecule has 0 heterocycles. The second-order valence-corrected chi connectivity index (χ2v) is 4.57. The maximum atomic E-state index is 11.3. The van der Waals surface area contributed by atoms with Crippen LogP contribution in [-0.2, 0) is 28.6 Å². The van der Waals surface area contributed by atoms with E-state index in [0.29, 0.717) is 32.3 Å². The number of ether oxygens (including phenoxy) is 3. The van der Waals surface area contributed by atoms with Crippen LogP contribution in [0.15, 0.2) is 0 Å². The maximum absolute atomic E-state index is 11.3. The first-order chi connectivity index (χ1) is 10.0. The number of rotatable bonds is 11. The second kappa shape index (κ2) is 12.2. The molecule has 1 unspecified atom stereocenters. The third-order valence-electron chi connectivity index (χ3n) is 2.78. The minimum Gasteiger partial charge on any atom is -0.466 e. The summed E-state index contributed by atoms with van der Waals surface area (Å²) in [6, 6.07) is 0. The Morgan fingerprint density at radius 3 is 1.95 bits per heavy atom. The van der Waals surface area contributed by atoms with E-state index >= 15 is 0 Å². The van der Waals surface area contributed by atoms with Gasteiger partial charge in [0, 0.05) is 19.3 Å². The molecule has 0 amide bonds. The normalized spacial score (nSPS) is 11.6. The van der Waals surface area contributed by atoms with Crippen LogP contribution in [-0.4, -0.2) is 37.2 Å². The smallest absolute Gasteiger partial charge is 0.305 e. The third kappa shape index (κ3) is 10.8. The molecule has 0 bridgehead atoms. The molecule has 0 aromatic rings. The largest absolute Gasteiger partial charge is 0.466 e. The molecular weight excluding hydrogens is 276 g/mol. The van der Waals surface area contributed by atoms with E-state index in [-0.39, 0.29) is 30.9 Å². The van der Waals surface area contributed by atoms with Gasteiger partial charge in [-0.15, -0.1) is 0 Å². The van der Waals surface area contributed by atoms with Gasteiger partial charge in [-0.25, -0.2) is 0 Å². The molecule has 0 aromatic heterocycles. The van der Waals surface area contributed by atoms with Gasteiger partial charge >= 0.3 is 17.9 Å². The van der Waals surface area contributed by atoms with Crippen LogP contribution in [0, 0.1) is 0 Å². The number of carbonyl (C=O) groups excluding carboxylic acids is 3. The number of hydrogen-bond acceptors (Lipinski definition) is 6. The number of esters is 3. The predicted octanol–water partition coefficient (Wildman–Crippen LogP) is 2.38. The molecule has 21 heavy (non-hydrogen) atoms. The zero-order valence-corrected chi connectivity index (χ0v) is 13.2. The molecule has 0 aliphatic rings. The van der Waals surface area contributed by atoms with Crippen molar-refractivity contribution in [1.82, 2.24) is 0 Å². The Bertz CT molecular complexity index is 326. The van der Waals surface area contributed by atoms with Gasteiger partial charge in [0.15, 0.2) is 0 Å². The highest BCUT2D eigenvalue weighted by molar-refractivity contribution is 5.70. The summed E-state index contributed by atoms with van der Waals surface area (Å²) < 4.78 is 15.2. The van der Waals surface area contributed by atoms with E-state index in [1.54, 1.807) is 20.8 Å². The molecule has 0 saturated heterocycles. The zero-order valence-electron chi connectivity index (χ0n) is 13.2. The third-order valence-corrected chi connectivity index (χ3v) is 2.78. The molecule has 0 aromatic carbocycles. The molecule has 6 heteroatoms. The van der Waals surface area contributed by atoms with E-state index in [1.165, 1.54) is 0 Å². The van der Waals surface area contributed by atoms with Crippen molar-refractivity contribution in [2.24, 2.45) is 0 Å². The predicted molar refractivity (Wildman–Crippen MR) is 76.5 cm³/mol. The SMILES string of the molecule is CCC(=O)OCCCCC(COC(=O)CC)OC(=O)CC. The lowest BCUT2D eigenvalue weighted by Gasteiger charge is -2.17. The van der Waals surface area contributed by atoms with Crippen molar-refractivity contribution in [3.05, 3.63) is 0 Å². The average molecular weight is 302 g/mol. The van der Waals surface area contributed by atoms with Crippen LogP contribution in [0.3, 0.4) is 0 Å². The van der Waals surface area contributed by atoms with Crippen LogP contribution >= 0.6 is 0 Å². The molecule has 0 saturated carbocycles. The lowest BCUT2D eigenvalue weighted by atomic mass is 10.1. The van der Waals surface area contributed by atoms with Crippen molar-refractivity contribution in [2.75, 3.05) is 13.2 Å². The van der Waals surface area contributed by atoms with E-state index < -0.39 is 6.10 Å². The van der Waals surface area contributed by atoms with E-state index in [1.807, 2.05) is 0 Å². The summed E-state index contributed by atoms with van der Waals surface area (Å²) >= 11 is 0. The van der Waals surface area contributed by atoms with Gasteiger partial charge in [-0.3, -0.25) is 14.4 Å².